The molecule has 0 bridgehead atoms. The highest BCUT2D eigenvalue weighted by Gasteiger charge is 2.18. The largest absolute Gasteiger partial charge is 0.389 e. The van der Waals surface area contributed by atoms with Crippen LogP contribution in [0.1, 0.15) is 25.0 Å². The smallest absolute Gasteiger partial charge is 0.317 e. The summed E-state index contributed by atoms with van der Waals surface area (Å²) in [7, 11) is 1.67. The van der Waals surface area contributed by atoms with Crippen LogP contribution in [0, 0.1) is 6.92 Å². The average Bonchev–Trinajstić information content (AvgIpc) is 2.23. The van der Waals surface area contributed by atoms with Gasteiger partial charge in [-0.15, -0.1) is 0 Å². The van der Waals surface area contributed by atoms with Crippen LogP contribution in [-0.2, 0) is 6.54 Å². The van der Waals surface area contributed by atoms with Gasteiger partial charge >= 0.3 is 6.03 Å². The highest BCUT2D eigenvalue weighted by Crippen LogP contribution is 2.05. The maximum absolute atomic E-state index is 11.8. The second-order valence-electron chi connectivity index (χ2n) is 5.32. The molecule has 2 amide bonds. The summed E-state index contributed by atoms with van der Waals surface area (Å²) in [6, 6.07) is 7.82. The van der Waals surface area contributed by atoms with Crippen LogP contribution < -0.4 is 5.32 Å². The van der Waals surface area contributed by atoms with E-state index in [1.54, 1.807) is 20.9 Å². The van der Waals surface area contributed by atoms with Crippen LogP contribution in [0.25, 0.3) is 0 Å². The first kappa shape index (κ1) is 14.5. The number of nitrogens with one attached hydrogen (secondary N) is 1. The van der Waals surface area contributed by atoms with Gasteiger partial charge in [0.15, 0.2) is 0 Å². The van der Waals surface area contributed by atoms with Gasteiger partial charge in [0.05, 0.1) is 12.1 Å². The maximum atomic E-state index is 11.8. The topological polar surface area (TPSA) is 52.6 Å². The van der Waals surface area contributed by atoms with Gasteiger partial charge in [-0.3, -0.25) is 0 Å². The van der Waals surface area contributed by atoms with E-state index >= 15 is 0 Å². The van der Waals surface area contributed by atoms with Gasteiger partial charge in [0, 0.05) is 13.6 Å². The summed E-state index contributed by atoms with van der Waals surface area (Å²) >= 11 is 0. The molecule has 0 unspecified atom stereocenters. The third kappa shape index (κ3) is 5.19. The Morgan fingerprint density at radius 2 is 2.11 bits per heavy atom. The molecule has 1 aromatic carbocycles. The van der Waals surface area contributed by atoms with Crippen molar-refractivity contribution in [3.63, 3.8) is 0 Å². The summed E-state index contributed by atoms with van der Waals surface area (Å²) in [4.78, 5) is 13.3. The first-order valence-corrected chi connectivity index (χ1v) is 6.05. The Hall–Kier alpha value is -1.55. The second kappa shape index (κ2) is 5.87. The van der Waals surface area contributed by atoms with Gasteiger partial charge in [-0.1, -0.05) is 29.8 Å². The zero-order valence-corrected chi connectivity index (χ0v) is 11.5. The SMILES string of the molecule is Cc1cccc(CNC(=O)N(C)CC(C)(C)O)c1. The van der Waals surface area contributed by atoms with Crippen molar-refractivity contribution in [1.29, 1.82) is 0 Å². The lowest BCUT2D eigenvalue weighted by Gasteiger charge is -2.25. The zero-order chi connectivity index (χ0) is 13.8. The van der Waals surface area contributed by atoms with E-state index in [2.05, 4.69) is 5.32 Å². The highest BCUT2D eigenvalue weighted by molar-refractivity contribution is 5.73. The normalized spacial score (nSPS) is 11.2. The summed E-state index contributed by atoms with van der Waals surface area (Å²) in [5.74, 6) is 0. The lowest BCUT2D eigenvalue weighted by molar-refractivity contribution is 0.0531. The average molecular weight is 250 g/mol. The van der Waals surface area contributed by atoms with Gasteiger partial charge in [-0.2, -0.15) is 0 Å². The van der Waals surface area contributed by atoms with Gasteiger partial charge < -0.3 is 15.3 Å². The van der Waals surface area contributed by atoms with Crippen molar-refractivity contribution in [1.82, 2.24) is 10.2 Å². The van der Waals surface area contributed by atoms with E-state index in [0.717, 1.165) is 5.56 Å². The van der Waals surface area contributed by atoms with Crippen molar-refractivity contribution >= 4 is 6.03 Å². The molecule has 4 nitrogen and oxygen atoms in total. The van der Waals surface area contributed by atoms with Crippen LogP contribution in [0.4, 0.5) is 4.79 Å². The minimum atomic E-state index is -0.880. The number of aliphatic hydroxyl groups is 1. The van der Waals surface area contributed by atoms with Crippen molar-refractivity contribution < 1.29 is 9.90 Å². The third-order valence-corrected chi connectivity index (χ3v) is 2.50. The molecule has 0 saturated carbocycles. The molecule has 2 N–H and O–H groups in total. The Labute approximate surface area is 109 Å². The number of aryl methyl sites for hydroxylation is 1. The summed E-state index contributed by atoms with van der Waals surface area (Å²) < 4.78 is 0. The van der Waals surface area contributed by atoms with E-state index in [9.17, 15) is 9.90 Å². The first-order valence-electron chi connectivity index (χ1n) is 6.05. The van der Waals surface area contributed by atoms with Crippen LogP contribution in [0.5, 0.6) is 0 Å². The Morgan fingerprint density at radius 1 is 1.44 bits per heavy atom. The molecule has 0 aliphatic heterocycles. The molecule has 18 heavy (non-hydrogen) atoms. The van der Waals surface area contributed by atoms with Crippen molar-refractivity contribution in [2.24, 2.45) is 0 Å². The fraction of sp³-hybridized carbons (Fsp3) is 0.500. The molecule has 0 fully saturated rings. The predicted molar refractivity (Wildman–Crippen MR) is 72.3 cm³/mol. The number of rotatable bonds is 4. The first-order chi connectivity index (χ1) is 8.28. The van der Waals surface area contributed by atoms with Crippen molar-refractivity contribution in [2.75, 3.05) is 13.6 Å². The minimum Gasteiger partial charge on any atom is -0.389 e. The monoisotopic (exact) mass is 250 g/mol. The molecule has 0 aliphatic carbocycles. The molecule has 0 heterocycles. The van der Waals surface area contributed by atoms with Crippen LogP contribution in [0.2, 0.25) is 0 Å². The fourth-order valence-electron chi connectivity index (χ4n) is 1.79. The maximum Gasteiger partial charge on any atom is 0.317 e. The third-order valence-electron chi connectivity index (χ3n) is 2.50. The van der Waals surface area contributed by atoms with Crippen LogP contribution in [0.3, 0.4) is 0 Å². The number of nitrogens with zero attached hydrogens (tertiary/aromatic N) is 1. The van der Waals surface area contributed by atoms with Gasteiger partial charge in [-0.25, -0.2) is 4.79 Å². The summed E-state index contributed by atoms with van der Waals surface area (Å²) in [6.45, 7) is 6.17. The molecule has 4 heteroatoms. The molecule has 0 aliphatic rings. The van der Waals surface area contributed by atoms with Crippen LogP contribution in [0.15, 0.2) is 24.3 Å². The van der Waals surface area contributed by atoms with E-state index in [1.807, 2.05) is 31.2 Å². The molecule has 0 saturated heterocycles. The Balaban J connectivity index is 2.46. The Morgan fingerprint density at radius 3 is 2.67 bits per heavy atom. The van der Waals surface area contributed by atoms with Crippen molar-refractivity contribution in [3.8, 4) is 0 Å². The van der Waals surface area contributed by atoms with E-state index in [1.165, 1.54) is 10.5 Å². The van der Waals surface area contributed by atoms with E-state index < -0.39 is 5.60 Å². The fourth-order valence-corrected chi connectivity index (χ4v) is 1.79. The Bertz CT molecular complexity index is 411. The summed E-state index contributed by atoms with van der Waals surface area (Å²) in [5.41, 5.74) is 1.36. The van der Waals surface area contributed by atoms with Crippen molar-refractivity contribution in [2.45, 2.75) is 32.9 Å². The number of hydrogen-bond acceptors (Lipinski definition) is 2. The number of benzene rings is 1. The van der Waals surface area contributed by atoms with Crippen LogP contribution in [-0.4, -0.2) is 35.2 Å². The molecule has 100 valence electrons. The molecule has 1 aromatic rings. The standard InChI is InChI=1S/C14H22N2O2/c1-11-6-5-7-12(8-11)9-15-13(17)16(4)10-14(2,3)18/h5-8,18H,9-10H2,1-4H3,(H,15,17). The van der Waals surface area contributed by atoms with Crippen LogP contribution >= 0.6 is 0 Å². The van der Waals surface area contributed by atoms with Crippen molar-refractivity contribution in [3.05, 3.63) is 35.4 Å². The molecule has 1 rings (SSSR count). The molecule has 0 spiro atoms. The highest BCUT2D eigenvalue weighted by atomic mass is 16.3. The lowest BCUT2D eigenvalue weighted by Crippen LogP contribution is -2.44. The number of hydrogen-bond donors (Lipinski definition) is 2. The number of carbonyl (C=O) groups excluding carboxylic acids is 1. The van der Waals surface area contributed by atoms with E-state index in [4.69, 9.17) is 0 Å². The molecule has 0 radical (unpaired) electrons. The van der Waals surface area contributed by atoms with E-state index in [-0.39, 0.29) is 6.03 Å². The number of urea groups is 1. The second-order valence-corrected chi connectivity index (χ2v) is 5.32. The number of likely N-dealkylation sites (N-methyl/N-ethyl adjacent to an activating group) is 1. The lowest BCUT2D eigenvalue weighted by atomic mass is 10.1. The summed E-state index contributed by atoms with van der Waals surface area (Å²) in [5, 5.41) is 12.5. The van der Waals surface area contributed by atoms with Gasteiger partial charge in [0.2, 0.25) is 0 Å². The molecular formula is C14H22N2O2. The Kier molecular flexibility index (Phi) is 4.73. The predicted octanol–water partition coefficient (Wildman–Crippen LogP) is 1.91. The molecular weight excluding hydrogens is 228 g/mol. The number of amides is 2. The quantitative estimate of drug-likeness (QED) is 0.857. The minimum absolute atomic E-state index is 0.182. The summed E-state index contributed by atoms with van der Waals surface area (Å²) in [6.07, 6.45) is 0. The van der Waals surface area contributed by atoms with E-state index in [0.29, 0.717) is 13.1 Å². The molecule has 0 atom stereocenters. The van der Waals surface area contributed by atoms with Gasteiger partial charge in [0.1, 0.15) is 0 Å². The van der Waals surface area contributed by atoms with Gasteiger partial charge in [0.25, 0.3) is 0 Å². The van der Waals surface area contributed by atoms with Gasteiger partial charge in [-0.05, 0) is 26.3 Å². The number of carbonyl (C=O) groups is 1. The molecule has 0 aromatic heterocycles. The zero-order valence-electron chi connectivity index (χ0n) is 11.5.